The first-order chi connectivity index (χ1) is 9.94. The SMILES string of the molecule is C[C@H](Cn1cncn1)Nc1ccccc1OCC(F)(F)F. The van der Waals surface area contributed by atoms with Gasteiger partial charge in [0.1, 0.15) is 18.4 Å². The summed E-state index contributed by atoms with van der Waals surface area (Å²) in [6, 6.07) is 6.46. The van der Waals surface area contributed by atoms with Crippen LogP contribution in [0.5, 0.6) is 5.75 Å². The number of para-hydroxylation sites is 2. The number of alkyl halides is 3. The zero-order valence-corrected chi connectivity index (χ0v) is 11.3. The molecule has 0 aliphatic carbocycles. The topological polar surface area (TPSA) is 52.0 Å². The number of hydrogen-bond acceptors (Lipinski definition) is 4. The van der Waals surface area contributed by atoms with Crippen LogP contribution in [0.15, 0.2) is 36.9 Å². The van der Waals surface area contributed by atoms with Crippen molar-refractivity contribution in [3.8, 4) is 5.75 Å². The predicted octanol–water partition coefficient (Wildman–Crippen LogP) is 2.72. The van der Waals surface area contributed by atoms with Gasteiger partial charge in [0.15, 0.2) is 6.61 Å². The highest BCUT2D eigenvalue weighted by molar-refractivity contribution is 5.56. The van der Waals surface area contributed by atoms with Crippen LogP contribution < -0.4 is 10.1 Å². The van der Waals surface area contributed by atoms with Crippen molar-refractivity contribution in [1.29, 1.82) is 0 Å². The van der Waals surface area contributed by atoms with E-state index in [-0.39, 0.29) is 11.8 Å². The van der Waals surface area contributed by atoms with Gasteiger partial charge in [0, 0.05) is 6.04 Å². The van der Waals surface area contributed by atoms with E-state index >= 15 is 0 Å². The molecule has 21 heavy (non-hydrogen) atoms. The molecular weight excluding hydrogens is 285 g/mol. The van der Waals surface area contributed by atoms with Gasteiger partial charge in [0.25, 0.3) is 0 Å². The first-order valence-corrected chi connectivity index (χ1v) is 6.31. The first kappa shape index (κ1) is 15.1. The Kier molecular flexibility index (Phi) is 4.66. The first-order valence-electron chi connectivity index (χ1n) is 6.31. The van der Waals surface area contributed by atoms with Gasteiger partial charge in [-0.1, -0.05) is 12.1 Å². The van der Waals surface area contributed by atoms with Gasteiger partial charge in [-0.25, -0.2) is 4.98 Å². The zero-order valence-electron chi connectivity index (χ0n) is 11.3. The molecule has 1 heterocycles. The summed E-state index contributed by atoms with van der Waals surface area (Å²) in [5, 5.41) is 7.08. The van der Waals surface area contributed by atoms with Gasteiger partial charge in [-0.05, 0) is 19.1 Å². The molecule has 0 aliphatic heterocycles. The Balaban J connectivity index is 1.99. The lowest BCUT2D eigenvalue weighted by Crippen LogP contribution is -2.23. The highest BCUT2D eigenvalue weighted by Gasteiger charge is 2.28. The lowest BCUT2D eigenvalue weighted by molar-refractivity contribution is -0.153. The highest BCUT2D eigenvalue weighted by Crippen LogP contribution is 2.26. The second kappa shape index (κ2) is 6.47. The summed E-state index contributed by atoms with van der Waals surface area (Å²) >= 11 is 0. The Morgan fingerprint density at radius 3 is 2.76 bits per heavy atom. The van der Waals surface area contributed by atoms with Crippen LogP contribution in [-0.2, 0) is 6.54 Å². The van der Waals surface area contributed by atoms with Crippen LogP contribution in [0.25, 0.3) is 0 Å². The Hall–Kier alpha value is -2.25. The van der Waals surface area contributed by atoms with Crippen LogP contribution in [-0.4, -0.2) is 33.6 Å². The van der Waals surface area contributed by atoms with Gasteiger partial charge in [-0.2, -0.15) is 18.3 Å². The number of anilines is 1. The van der Waals surface area contributed by atoms with Crippen LogP contribution >= 0.6 is 0 Å². The summed E-state index contributed by atoms with van der Waals surface area (Å²) in [7, 11) is 0. The van der Waals surface area contributed by atoms with Crippen molar-refractivity contribution in [3.63, 3.8) is 0 Å². The maximum Gasteiger partial charge on any atom is 0.422 e. The fourth-order valence-electron chi connectivity index (χ4n) is 1.79. The molecule has 0 amide bonds. The number of hydrogen-bond donors (Lipinski definition) is 1. The molecule has 0 unspecified atom stereocenters. The van der Waals surface area contributed by atoms with Crippen LogP contribution in [0.1, 0.15) is 6.92 Å². The Bertz CT molecular complexity index is 557. The smallest absolute Gasteiger partial charge is 0.422 e. The van der Waals surface area contributed by atoms with Crippen LogP contribution in [0.2, 0.25) is 0 Å². The molecule has 0 saturated carbocycles. The molecular formula is C13H15F3N4O. The van der Waals surface area contributed by atoms with Crippen LogP contribution in [0.3, 0.4) is 0 Å². The lowest BCUT2D eigenvalue weighted by atomic mass is 10.2. The molecule has 2 aromatic rings. The van der Waals surface area contributed by atoms with Crippen molar-refractivity contribution in [2.45, 2.75) is 25.7 Å². The maximum atomic E-state index is 12.2. The van der Waals surface area contributed by atoms with Crippen molar-refractivity contribution in [3.05, 3.63) is 36.9 Å². The second-order valence-electron chi connectivity index (χ2n) is 4.56. The van der Waals surface area contributed by atoms with Crippen molar-refractivity contribution >= 4 is 5.69 Å². The Morgan fingerprint density at radius 1 is 1.33 bits per heavy atom. The number of halogens is 3. The van der Waals surface area contributed by atoms with E-state index in [1.807, 2.05) is 6.92 Å². The van der Waals surface area contributed by atoms with E-state index in [4.69, 9.17) is 4.74 Å². The highest BCUT2D eigenvalue weighted by atomic mass is 19.4. The third kappa shape index (κ3) is 4.97. The minimum absolute atomic E-state index is 0.0534. The van der Waals surface area contributed by atoms with E-state index in [1.54, 1.807) is 29.2 Å². The maximum absolute atomic E-state index is 12.2. The summed E-state index contributed by atoms with van der Waals surface area (Å²) < 4.78 is 43.1. The van der Waals surface area contributed by atoms with Gasteiger partial charge in [0.2, 0.25) is 0 Å². The number of aromatic nitrogens is 3. The molecule has 8 heteroatoms. The van der Waals surface area contributed by atoms with Gasteiger partial charge < -0.3 is 10.1 Å². The zero-order chi connectivity index (χ0) is 15.3. The van der Waals surface area contributed by atoms with E-state index in [0.717, 1.165) is 0 Å². The lowest BCUT2D eigenvalue weighted by Gasteiger charge is -2.18. The summed E-state index contributed by atoms with van der Waals surface area (Å²) in [4.78, 5) is 3.83. The summed E-state index contributed by atoms with van der Waals surface area (Å²) in [5.74, 6) is 0.167. The Morgan fingerprint density at radius 2 is 2.10 bits per heavy atom. The molecule has 0 spiro atoms. The molecule has 114 valence electrons. The normalized spacial score (nSPS) is 13.0. The van der Waals surface area contributed by atoms with Crippen molar-refractivity contribution in [1.82, 2.24) is 14.8 Å². The van der Waals surface area contributed by atoms with E-state index in [0.29, 0.717) is 12.2 Å². The number of nitrogens with one attached hydrogen (secondary N) is 1. The van der Waals surface area contributed by atoms with Gasteiger partial charge in [-0.3, -0.25) is 4.68 Å². The predicted molar refractivity (Wildman–Crippen MR) is 71.1 cm³/mol. The quantitative estimate of drug-likeness (QED) is 0.891. The molecule has 1 aromatic heterocycles. The molecule has 0 fully saturated rings. The van der Waals surface area contributed by atoms with E-state index < -0.39 is 12.8 Å². The molecule has 5 nitrogen and oxygen atoms in total. The standard InChI is InChI=1S/C13H15F3N4O/c1-10(6-20-9-17-8-18-20)19-11-4-2-3-5-12(11)21-7-13(14,15)16/h2-5,8-10,19H,6-7H2,1H3/t10-/m1/s1. The number of nitrogens with zero attached hydrogens (tertiary/aromatic N) is 3. The number of benzene rings is 1. The molecule has 0 saturated heterocycles. The Labute approximate surface area is 119 Å². The molecule has 0 bridgehead atoms. The van der Waals surface area contributed by atoms with E-state index in [9.17, 15) is 13.2 Å². The van der Waals surface area contributed by atoms with Crippen molar-refractivity contribution < 1.29 is 17.9 Å². The number of rotatable bonds is 6. The molecule has 1 atom stereocenters. The van der Waals surface area contributed by atoms with Crippen molar-refractivity contribution in [2.24, 2.45) is 0 Å². The van der Waals surface area contributed by atoms with Gasteiger partial charge in [0.05, 0.1) is 12.2 Å². The largest absolute Gasteiger partial charge is 0.482 e. The molecule has 2 rings (SSSR count). The number of ether oxygens (including phenoxy) is 1. The van der Waals surface area contributed by atoms with Gasteiger partial charge >= 0.3 is 6.18 Å². The third-order valence-corrected chi connectivity index (χ3v) is 2.61. The summed E-state index contributed by atoms with van der Waals surface area (Å²) in [5.41, 5.74) is 0.509. The molecule has 0 aliphatic rings. The second-order valence-corrected chi connectivity index (χ2v) is 4.56. The summed E-state index contributed by atoms with van der Waals surface area (Å²) in [6.07, 6.45) is -1.36. The molecule has 1 N–H and O–H groups in total. The van der Waals surface area contributed by atoms with Gasteiger partial charge in [-0.15, -0.1) is 0 Å². The fourth-order valence-corrected chi connectivity index (χ4v) is 1.79. The third-order valence-electron chi connectivity index (χ3n) is 2.61. The minimum Gasteiger partial charge on any atom is -0.482 e. The molecule has 1 aromatic carbocycles. The fraction of sp³-hybridized carbons (Fsp3) is 0.385. The average molecular weight is 300 g/mol. The van der Waals surface area contributed by atoms with Crippen molar-refractivity contribution in [2.75, 3.05) is 11.9 Å². The van der Waals surface area contributed by atoms with E-state index in [1.165, 1.54) is 12.4 Å². The average Bonchev–Trinajstić information content (AvgIpc) is 2.89. The van der Waals surface area contributed by atoms with E-state index in [2.05, 4.69) is 15.4 Å². The molecule has 0 radical (unpaired) electrons. The monoisotopic (exact) mass is 300 g/mol. The van der Waals surface area contributed by atoms with Crippen LogP contribution in [0.4, 0.5) is 18.9 Å². The van der Waals surface area contributed by atoms with Crippen LogP contribution in [0, 0.1) is 0 Å². The minimum atomic E-state index is -4.36. The summed E-state index contributed by atoms with van der Waals surface area (Å²) in [6.45, 7) is 1.11.